The van der Waals surface area contributed by atoms with Crippen LogP contribution in [0.25, 0.3) is 5.69 Å². The van der Waals surface area contributed by atoms with Crippen LogP contribution in [0.3, 0.4) is 0 Å². The topological polar surface area (TPSA) is 86.1 Å². The molecule has 7 nitrogen and oxygen atoms in total. The third kappa shape index (κ3) is 5.70. The summed E-state index contributed by atoms with van der Waals surface area (Å²) in [6.45, 7) is 2.07. The molecule has 1 N–H and O–H groups in total. The first-order chi connectivity index (χ1) is 14.6. The number of nitrogens with zero attached hydrogens (tertiary/aromatic N) is 3. The minimum atomic E-state index is -0.0534. The highest BCUT2D eigenvalue weighted by molar-refractivity contribution is 7.99. The molecule has 0 unspecified atom stereocenters. The molecule has 0 radical (unpaired) electrons. The van der Waals surface area contributed by atoms with Crippen LogP contribution in [0.5, 0.6) is 5.75 Å². The molecule has 3 aromatic rings. The number of aromatic nitrogens is 3. The van der Waals surface area contributed by atoms with E-state index >= 15 is 0 Å². The zero-order valence-electron chi connectivity index (χ0n) is 17.0. The van der Waals surface area contributed by atoms with Gasteiger partial charge in [-0.2, -0.15) is 0 Å². The summed E-state index contributed by atoms with van der Waals surface area (Å²) >= 11 is 1.36. The van der Waals surface area contributed by atoms with E-state index < -0.39 is 0 Å². The lowest BCUT2D eigenvalue weighted by molar-refractivity contribution is -0.118. The van der Waals surface area contributed by atoms with Crippen LogP contribution in [0, 0.1) is 0 Å². The van der Waals surface area contributed by atoms with Gasteiger partial charge in [0.2, 0.25) is 5.91 Å². The van der Waals surface area contributed by atoms with Gasteiger partial charge in [0.25, 0.3) is 0 Å². The normalized spacial score (nSPS) is 10.6. The van der Waals surface area contributed by atoms with Crippen molar-refractivity contribution in [2.24, 2.45) is 0 Å². The summed E-state index contributed by atoms with van der Waals surface area (Å²) in [6.07, 6.45) is 1.38. The van der Waals surface area contributed by atoms with E-state index in [4.69, 9.17) is 4.74 Å². The number of aryl methyl sites for hydroxylation is 1. The number of thioether (sulfide) groups is 1. The van der Waals surface area contributed by atoms with Crippen LogP contribution in [-0.4, -0.2) is 45.9 Å². The third-order valence-corrected chi connectivity index (χ3v) is 5.34. The zero-order valence-corrected chi connectivity index (χ0v) is 17.8. The standard InChI is InChI=1S/C22H24N4O3S/c1-16(27)23-14-6-9-21-24-25-22(26(21)18-10-12-19(29-2)13-11-18)30-15-20(28)17-7-4-3-5-8-17/h3-5,7-8,10-13H,6,9,14-15H2,1-2H3,(H,23,27). The molecule has 0 saturated heterocycles. The first kappa shape index (κ1) is 21.6. The molecule has 0 aliphatic carbocycles. The van der Waals surface area contributed by atoms with Crippen molar-refractivity contribution in [3.05, 3.63) is 66.0 Å². The second-order valence-corrected chi connectivity index (χ2v) is 7.54. The van der Waals surface area contributed by atoms with Crippen molar-refractivity contribution in [2.75, 3.05) is 19.4 Å². The number of nitrogens with one attached hydrogen (secondary N) is 1. The van der Waals surface area contributed by atoms with Crippen molar-refractivity contribution < 1.29 is 14.3 Å². The number of ether oxygens (including phenoxy) is 1. The van der Waals surface area contributed by atoms with Gasteiger partial charge in [-0.15, -0.1) is 10.2 Å². The van der Waals surface area contributed by atoms with Gasteiger partial charge in [0.05, 0.1) is 12.9 Å². The average Bonchev–Trinajstić information content (AvgIpc) is 3.18. The summed E-state index contributed by atoms with van der Waals surface area (Å²) < 4.78 is 7.20. The van der Waals surface area contributed by atoms with Crippen LogP contribution in [0.1, 0.15) is 29.5 Å². The Balaban J connectivity index is 1.78. The minimum absolute atomic E-state index is 0.0390. The van der Waals surface area contributed by atoms with Gasteiger partial charge in [-0.3, -0.25) is 14.2 Å². The smallest absolute Gasteiger partial charge is 0.216 e. The lowest BCUT2D eigenvalue weighted by Gasteiger charge is -2.11. The van der Waals surface area contributed by atoms with E-state index in [1.807, 2.05) is 59.2 Å². The predicted octanol–water partition coefficient (Wildman–Crippen LogP) is 3.32. The number of benzene rings is 2. The Morgan fingerprint density at radius 2 is 1.80 bits per heavy atom. The molecule has 8 heteroatoms. The lowest BCUT2D eigenvalue weighted by atomic mass is 10.2. The van der Waals surface area contributed by atoms with Crippen molar-refractivity contribution in [1.82, 2.24) is 20.1 Å². The zero-order chi connectivity index (χ0) is 21.3. The monoisotopic (exact) mass is 424 g/mol. The van der Waals surface area contributed by atoms with E-state index in [0.717, 1.165) is 23.7 Å². The van der Waals surface area contributed by atoms with Crippen molar-refractivity contribution in [3.8, 4) is 11.4 Å². The number of methoxy groups -OCH3 is 1. The summed E-state index contributed by atoms with van der Waals surface area (Å²) in [5.41, 5.74) is 1.57. The highest BCUT2D eigenvalue weighted by atomic mass is 32.2. The number of Topliss-reactive ketones (excluding diaryl/α,β-unsaturated/α-hetero) is 1. The number of ketones is 1. The van der Waals surface area contributed by atoms with Crippen molar-refractivity contribution in [1.29, 1.82) is 0 Å². The number of hydrogen-bond donors (Lipinski definition) is 1. The van der Waals surface area contributed by atoms with Crippen LogP contribution >= 0.6 is 11.8 Å². The van der Waals surface area contributed by atoms with Crippen molar-refractivity contribution >= 4 is 23.5 Å². The maximum Gasteiger partial charge on any atom is 0.216 e. The summed E-state index contributed by atoms with van der Waals surface area (Å²) in [7, 11) is 1.62. The van der Waals surface area contributed by atoms with E-state index in [-0.39, 0.29) is 17.4 Å². The SMILES string of the molecule is COc1ccc(-n2c(CCCNC(C)=O)nnc2SCC(=O)c2ccccc2)cc1. The third-order valence-electron chi connectivity index (χ3n) is 4.41. The number of carbonyl (C=O) groups is 2. The largest absolute Gasteiger partial charge is 0.497 e. The van der Waals surface area contributed by atoms with E-state index in [1.54, 1.807) is 7.11 Å². The summed E-state index contributed by atoms with van der Waals surface area (Å²) in [4.78, 5) is 23.6. The van der Waals surface area contributed by atoms with Gasteiger partial charge < -0.3 is 10.1 Å². The van der Waals surface area contributed by atoms with Gasteiger partial charge in [0, 0.05) is 31.1 Å². The Bertz CT molecular complexity index is 987. The van der Waals surface area contributed by atoms with Crippen LogP contribution in [-0.2, 0) is 11.2 Å². The fraction of sp³-hybridized carbons (Fsp3) is 0.273. The second-order valence-electron chi connectivity index (χ2n) is 6.60. The molecule has 0 aliphatic heterocycles. The Morgan fingerprint density at radius 1 is 1.07 bits per heavy atom. The average molecular weight is 425 g/mol. The van der Waals surface area contributed by atoms with E-state index in [1.165, 1.54) is 18.7 Å². The maximum atomic E-state index is 12.5. The van der Waals surface area contributed by atoms with Crippen LogP contribution < -0.4 is 10.1 Å². The molecule has 1 heterocycles. The molecular formula is C22H24N4O3S. The molecule has 1 amide bonds. The van der Waals surface area contributed by atoms with Crippen LogP contribution in [0.2, 0.25) is 0 Å². The fourth-order valence-electron chi connectivity index (χ4n) is 2.89. The lowest BCUT2D eigenvalue weighted by Crippen LogP contribution is -2.21. The predicted molar refractivity (Wildman–Crippen MR) is 116 cm³/mol. The molecule has 0 saturated carbocycles. The molecule has 1 aromatic heterocycles. The van der Waals surface area contributed by atoms with E-state index in [9.17, 15) is 9.59 Å². The number of amides is 1. The number of carbonyl (C=O) groups excluding carboxylic acids is 2. The molecule has 0 aliphatic rings. The second kappa shape index (κ2) is 10.6. The number of hydrogen-bond acceptors (Lipinski definition) is 6. The first-order valence-electron chi connectivity index (χ1n) is 9.62. The highest BCUT2D eigenvalue weighted by Gasteiger charge is 2.16. The van der Waals surface area contributed by atoms with E-state index in [2.05, 4.69) is 15.5 Å². The van der Waals surface area contributed by atoms with Crippen LogP contribution in [0.15, 0.2) is 59.8 Å². The molecule has 0 fully saturated rings. The van der Waals surface area contributed by atoms with Gasteiger partial charge in [0.15, 0.2) is 10.9 Å². The minimum Gasteiger partial charge on any atom is -0.497 e. The summed E-state index contributed by atoms with van der Waals surface area (Å²) in [5.74, 6) is 1.79. The number of rotatable bonds is 10. The quantitative estimate of drug-likeness (QED) is 0.305. The van der Waals surface area contributed by atoms with Gasteiger partial charge in [-0.05, 0) is 30.7 Å². The van der Waals surface area contributed by atoms with Gasteiger partial charge >= 0.3 is 0 Å². The molecule has 2 aromatic carbocycles. The molecular weight excluding hydrogens is 400 g/mol. The molecule has 0 spiro atoms. The Morgan fingerprint density at radius 3 is 2.47 bits per heavy atom. The van der Waals surface area contributed by atoms with E-state index in [0.29, 0.717) is 23.7 Å². The Kier molecular flexibility index (Phi) is 7.62. The molecule has 30 heavy (non-hydrogen) atoms. The van der Waals surface area contributed by atoms with Gasteiger partial charge in [0.1, 0.15) is 11.6 Å². The maximum absolute atomic E-state index is 12.5. The van der Waals surface area contributed by atoms with Crippen molar-refractivity contribution in [2.45, 2.75) is 24.9 Å². The fourth-order valence-corrected chi connectivity index (χ4v) is 3.76. The Hall–Kier alpha value is -3.13. The summed E-state index contributed by atoms with van der Waals surface area (Å²) in [6, 6.07) is 16.8. The summed E-state index contributed by atoms with van der Waals surface area (Å²) in [5, 5.41) is 12.1. The van der Waals surface area contributed by atoms with Gasteiger partial charge in [-0.1, -0.05) is 42.1 Å². The van der Waals surface area contributed by atoms with Crippen molar-refractivity contribution in [3.63, 3.8) is 0 Å². The van der Waals surface area contributed by atoms with Gasteiger partial charge in [-0.25, -0.2) is 0 Å². The van der Waals surface area contributed by atoms with Crippen LogP contribution in [0.4, 0.5) is 0 Å². The first-order valence-corrected chi connectivity index (χ1v) is 10.6. The Labute approximate surface area is 179 Å². The molecule has 0 bridgehead atoms. The molecule has 156 valence electrons. The molecule has 3 rings (SSSR count). The highest BCUT2D eigenvalue weighted by Crippen LogP contribution is 2.25. The molecule has 0 atom stereocenters.